The van der Waals surface area contributed by atoms with Crippen molar-refractivity contribution in [1.29, 1.82) is 0 Å². The largest absolute Gasteiger partial charge is 0.396 e. The monoisotopic (exact) mass is 232 g/mol. The molecule has 1 aliphatic rings. The summed E-state index contributed by atoms with van der Waals surface area (Å²) >= 11 is 0. The summed E-state index contributed by atoms with van der Waals surface area (Å²) < 4.78 is 0. The Bertz CT molecular complexity index is 162. The predicted octanol–water partition coefficient (Wildman–Crippen LogP) is 0.879. The maximum atomic E-state index is 10.5. The van der Waals surface area contributed by atoms with Crippen molar-refractivity contribution in [3.63, 3.8) is 0 Å². The molecule has 3 N–H and O–H groups in total. The number of aliphatic hydroxyl groups is 3. The van der Waals surface area contributed by atoms with E-state index >= 15 is 0 Å². The number of rotatable bonds is 4. The molecular weight excluding hydrogens is 208 g/mol. The molecule has 4 heteroatoms. The summed E-state index contributed by atoms with van der Waals surface area (Å²) in [6.07, 6.45) is 5.83. The lowest BCUT2D eigenvalue weighted by molar-refractivity contribution is -0.120. The molecule has 1 saturated carbocycles. The van der Waals surface area contributed by atoms with Crippen molar-refractivity contribution in [1.82, 2.24) is 0 Å². The van der Waals surface area contributed by atoms with Crippen LogP contribution in [-0.4, -0.2) is 40.9 Å². The van der Waals surface area contributed by atoms with Crippen molar-refractivity contribution in [3.05, 3.63) is 0 Å². The van der Waals surface area contributed by atoms with Gasteiger partial charge in [-0.2, -0.15) is 0 Å². The van der Waals surface area contributed by atoms with Gasteiger partial charge in [-0.1, -0.05) is 13.3 Å². The number of Topliss-reactive ketones (excluding diaryl/α,β-unsaturated/α-hetero) is 1. The van der Waals surface area contributed by atoms with E-state index in [1.165, 1.54) is 6.42 Å². The first kappa shape index (κ1) is 15.6. The molecule has 96 valence electrons. The lowest BCUT2D eigenvalue weighted by atomic mass is 9.88. The standard InChI is InChI=1S/C6H14O3.C6H10O/c1-2-6(3-7,4-8)5-9;7-6-4-2-1-3-5-6/h7-9H,2-5H2,1H3;1-5H2. The van der Waals surface area contributed by atoms with E-state index in [0.717, 1.165) is 25.7 Å². The van der Waals surface area contributed by atoms with Crippen molar-refractivity contribution in [3.8, 4) is 0 Å². The zero-order chi connectivity index (χ0) is 12.4. The van der Waals surface area contributed by atoms with Crippen LogP contribution < -0.4 is 0 Å². The van der Waals surface area contributed by atoms with Crippen LogP contribution in [-0.2, 0) is 4.79 Å². The number of aliphatic hydroxyl groups excluding tert-OH is 3. The van der Waals surface area contributed by atoms with E-state index in [1.54, 1.807) is 0 Å². The summed E-state index contributed by atoms with van der Waals surface area (Å²) in [5.74, 6) is 0.464. The van der Waals surface area contributed by atoms with Gasteiger partial charge < -0.3 is 15.3 Å². The number of ketones is 1. The molecule has 0 heterocycles. The molecule has 0 saturated heterocycles. The Balaban J connectivity index is 0.000000288. The highest BCUT2D eigenvalue weighted by Crippen LogP contribution is 2.18. The Hall–Kier alpha value is -0.450. The van der Waals surface area contributed by atoms with Crippen molar-refractivity contribution >= 4 is 5.78 Å². The number of carbonyl (C=O) groups excluding carboxylic acids is 1. The molecule has 0 aliphatic heterocycles. The van der Waals surface area contributed by atoms with Crippen LogP contribution in [0.3, 0.4) is 0 Å². The van der Waals surface area contributed by atoms with E-state index in [4.69, 9.17) is 15.3 Å². The minimum absolute atomic E-state index is 0.156. The third-order valence-corrected chi connectivity index (χ3v) is 3.17. The molecule has 0 aromatic carbocycles. The molecule has 0 amide bonds. The summed E-state index contributed by atoms with van der Waals surface area (Å²) in [4.78, 5) is 10.5. The van der Waals surface area contributed by atoms with Gasteiger partial charge in [0.2, 0.25) is 0 Å². The summed E-state index contributed by atoms with van der Waals surface area (Å²) in [5, 5.41) is 26.0. The Morgan fingerprint density at radius 1 is 1.00 bits per heavy atom. The van der Waals surface area contributed by atoms with Gasteiger partial charge in [0.25, 0.3) is 0 Å². The third-order valence-electron chi connectivity index (χ3n) is 3.17. The molecule has 0 bridgehead atoms. The van der Waals surface area contributed by atoms with Crippen LogP contribution >= 0.6 is 0 Å². The molecule has 16 heavy (non-hydrogen) atoms. The fraction of sp³-hybridized carbons (Fsp3) is 0.917. The zero-order valence-electron chi connectivity index (χ0n) is 10.1. The minimum Gasteiger partial charge on any atom is -0.396 e. The minimum atomic E-state index is -0.667. The molecule has 1 fully saturated rings. The van der Waals surface area contributed by atoms with Gasteiger partial charge in [-0.05, 0) is 19.3 Å². The fourth-order valence-electron chi connectivity index (χ4n) is 1.43. The Morgan fingerprint density at radius 3 is 1.56 bits per heavy atom. The molecule has 1 rings (SSSR count). The summed E-state index contributed by atoms with van der Waals surface area (Å²) in [6.45, 7) is 1.35. The van der Waals surface area contributed by atoms with Crippen LogP contribution in [0.15, 0.2) is 0 Å². The smallest absolute Gasteiger partial charge is 0.132 e. The van der Waals surface area contributed by atoms with E-state index in [2.05, 4.69) is 0 Å². The first-order valence-electron chi connectivity index (χ1n) is 5.98. The predicted molar refractivity (Wildman–Crippen MR) is 62.1 cm³/mol. The third kappa shape index (κ3) is 5.58. The highest BCUT2D eigenvalue weighted by molar-refractivity contribution is 5.78. The zero-order valence-corrected chi connectivity index (χ0v) is 10.1. The van der Waals surface area contributed by atoms with Crippen LogP contribution in [0.2, 0.25) is 0 Å². The molecule has 4 nitrogen and oxygen atoms in total. The maximum absolute atomic E-state index is 10.5. The van der Waals surface area contributed by atoms with Gasteiger partial charge in [0, 0.05) is 18.3 Å². The van der Waals surface area contributed by atoms with Crippen LogP contribution in [0.1, 0.15) is 45.4 Å². The van der Waals surface area contributed by atoms with Crippen LogP contribution in [0.25, 0.3) is 0 Å². The normalized spacial score (nSPS) is 16.6. The van der Waals surface area contributed by atoms with Gasteiger partial charge in [-0.15, -0.1) is 0 Å². The molecule has 0 aromatic rings. The average molecular weight is 232 g/mol. The van der Waals surface area contributed by atoms with E-state index in [9.17, 15) is 4.79 Å². The van der Waals surface area contributed by atoms with Crippen LogP contribution in [0.4, 0.5) is 0 Å². The van der Waals surface area contributed by atoms with E-state index in [-0.39, 0.29) is 19.8 Å². The second-order valence-electron chi connectivity index (χ2n) is 4.43. The molecule has 0 atom stereocenters. The number of hydrogen-bond donors (Lipinski definition) is 3. The first-order chi connectivity index (χ1) is 7.64. The quantitative estimate of drug-likeness (QED) is 0.672. The van der Waals surface area contributed by atoms with Gasteiger partial charge in [0.05, 0.1) is 19.8 Å². The fourth-order valence-corrected chi connectivity index (χ4v) is 1.43. The SMILES string of the molecule is CCC(CO)(CO)CO.O=C1CCCCC1. The van der Waals surface area contributed by atoms with Gasteiger partial charge in [-0.25, -0.2) is 0 Å². The summed E-state index contributed by atoms with van der Waals surface area (Å²) in [7, 11) is 0. The lowest BCUT2D eigenvalue weighted by Crippen LogP contribution is -2.32. The van der Waals surface area contributed by atoms with E-state index in [1.807, 2.05) is 6.92 Å². The highest BCUT2D eigenvalue weighted by atomic mass is 16.3. The lowest BCUT2D eigenvalue weighted by Gasteiger charge is -2.24. The van der Waals surface area contributed by atoms with Crippen molar-refractivity contribution in [2.75, 3.05) is 19.8 Å². The Kier molecular flexibility index (Phi) is 8.43. The highest BCUT2D eigenvalue weighted by Gasteiger charge is 2.24. The van der Waals surface area contributed by atoms with E-state index in [0.29, 0.717) is 12.2 Å². The molecule has 1 aliphatic carbocycles. The maximum Gasteiger partial charge on any atom is 0.132 e. The second kappa shape index (κ2) is 8.67. The van der Waals surface area contributed by atoms with Gasteiger partial charge in [-0.3, -0.25) is 4.79 Å². The molecule has 0 aromatic heterocycles. The number of carbonyl (C=O) groups is 1. The molecule has 0 spiro atoms. The van der Waals surface area contributed by atoms with Crippen molar-refractivity contribution in [2.24, 2.45) is 5.41 Å². The molecule has 0 radical (unpaired) electrons. The van der Waals surface area contributed by atoms with Crippen molar-refractivity contribution < 1.29 is 20.1 Å². The Morgan fingerprint density at radius 2 is 1.44 bits per heavy atom. The Labute approximate surface area is 97.3 Å². The molecular formula is C12H24O4. The van der Waals surface area contributed by atoms with Crippen LogP contribution in [0.5, 0.6) is 0 Å². The first-order valence-corrected chi connectivity index (χ1v) is 5.98. The van der Waals surface area contributed by atoms with Crippen molar-refractivity contribution in [2.45, 2.75) is 45.4 Å². The molecule has 0 unspecified atom stereocenters. The van der Waals surface area contributed by atoms with E-state index < -0.39 is 5.41 Å². The average Bonchev–Trinajstić information content (AvgIpc) is 2.35. The van der Waals surface area contributed by atoms with Crippen LogP contribution in [0, 0.1) is 5.41 Å². The van der Waals surface area contributed by atoms with Gasteiger partial charge >= 0.3 is 0 Å². The number of hydrogen-bond acceptors (Lipinski definition) is 4. The topological polar surface area (TPSA) is 77.8 Å². The van der Waals surface area contributed by atoms with Gasteiger partial charge in [0.1, 0.15) is 5.78 Å². The summed E-state index contributed by atoms with van der Waals surface area (Å²) in [5.41, 5.74) is -0.667. The summed E-state index contributed by atoms with van der Waals surface area (Å²) in [6, 6.07) is 0. The van der Waals surface area contributed by atoms with Gasteiger partial charge in [0.15, 0.2) is 0 Å². The second-order valence-corrected chi connectivity index (χ2v) is 4.43.